The summed E-state index contributed by atoms with van der Waals surface area (Å²) in [5.41, 5.74) is 1.10. The lowest BCUT2D eigenvalue weighted by atomic mass is 10.1. The number of halogens is 1. The Morgan fingerprint density at radius 3 is 2.74 bits per heavy atom. The minimum absolute atomic E-state index is 0.0714. The van der Waals surface area contributed by atoms with Gasteiger partial charge in [0.1, 0.15) is 6.04 Å². The lowest BCUT2D eigenvalue weighted by Gasteiger charge is -2.21. The lowest BCUT2D eigenvalue weighted by Crippen LogP contribution is -2.43. The van der Waals surface area contributed by atoms with E-state index in [9.17, 15) is 18.8 Å². The molecule has 9 nitrogen and oxygen atoms in total. The number of hydrogen-bond acceptors (Lipinski definition) is 7. The molecule has 1 saturated heterocycles. The Kier molecular flexibility index (Phi) is 4.46. The first-order valence-corrected chi connectivity index (χ1v) is 9.55. The highest BCUT2D eigenvalue weighted by atomic mass is 19.1. The number of nitrogens with zero attached hydrogens (tertiary/aromatic N) is 3. The number of carbonyl (C=O) groups excluding carboxylic acids is 2. The average molecular weight is 422 g/mol. The van der Waals surface area contributed by atoms with Crippen LogP contribution in [0.2, 0.25) is 0 Å². The van der Waals surface area contributed by atoms with Gasteiger partial charge in [-0.2, -0.15) is 4.98 Å². The van der Waals surface area contributed by atoms with Gasteiger partial charge in [-0.3, -0.25) is 19.5 Å². The molecule has 1 atom stereocenters. The zero-order valence-electron chi connectivity index (χ0n) is 16.0. The fourth-order valence-corrected chi connectivity index (χ4v) is 3.68. The summed E-state index contributed by atoms with van der Waals surface area (Å²) in [4.78, 5) is 40.4. The molecule has 0 radical (unpaired) electrons. The molecule has 1 fully saturated rings. The molecule has 2 aromatic carbocycles. The van der Waals surface area contributed by atoms with Crippen LogP contribution in [0.4, 0.5) is 4.39 Å². The summed E-state index contributed by atoms with van der Waals surface area (Å²) < 4.78 is 26.1. The van der Waals surface area contributed by atoms with Crippen molar-refractivity contribution < 1.29 is 22.9 Å². The van der Waals surface area contributed by atoms with Gasteiger partial charge in [0.2, 0.25) is 23.5 Å². The maximum Gasteiger partial charge on any atom is 0.420 e. The van der Waals surface area contributed by atoms with Crippen LogP contribution in [-0.4, -0.2) is 26.5 Å². The number of imide groups is 1. The van der Waals surface area contributed by atoms with E-state index in [0.717, 1.165) is 10.1 Å². The van der Waals surface area contributed by atoms with E-state index >= 15 is 0 Å². The van der Waals surface area contributed by atoms with Crippen LogP contribution in [0.1, 0.15) is 30.3 Å². The van der Waals surface area contributed by atoms with Crippen molar-refractivity contribution in [1.29, 1.82) is 0 Å². The van der Waals surface area contributed by atoms with E-state index in [-0.39, 0.29) is 36.3 Å². The van der Waals surface area contributed by atoms with Gasteiger partial charge in [0.05, 0.1) is 11.9 Å². The molecule has 10 heteroatoms. The van der Waals surface area contributed by atoms with Crippen LogP contribution < -0.4 is 11.1 Å². The smallest absolute Gasteiger partial charge is 0.405 e. The Morgan fingerprint density at radius 2 is 1.97 bits per heavy atom. The molecule has 0 aliphatic carbocycles. The maximum atomic E-state index is 14.7. The average Bonchev–Trinajstić information content (AvgIpc) is 3.34. The highest BCUT2D eigenvalue weighted by molar-refractivity contribution is 6.00. The number of rotatable bonds is 4. The van der Waals surface area contributed by atoms with Gasteiger partial charge in [0.15, 0.2) is 11.4 Å². The van der Waals surface area contributed by atoms with Crippen LogP contribution in [-0.2, 0) is 16.0 Å². The van der Waals surface area contributed by atoms with Crippen LogP contribution >= 0.6 is 0 Å². The molecular weight excluding hydrogens is 407 g/mol. The van der Waals surface area contributed by atoms with Crippen molar-refractivity contribution in [3.05, 3.63) is 70.3 Å². The van der Waals surface area contributed by atoms with E-state index in [2.05, 4.69) is 15.5 Å². The van der Waals surface area contributed by atoms with Crippen molar-refractivity contribution in [2.24, 2.45) is 0 Å². The second kappa shape index (κ2) is 7.31. The predicted octanol–water partition coefficient (Wildman–Crippen LogP) is 2.35. The molecule has 156 valence electrons. The number of fused-ring (bicyclic) bond motifs is 1. The molecule has 0 spiro atoms. The van der Waals surface area contributed by atoms with Gasteiger partial charge in [0.25, 0.3) is 0 Å². The zero-order valence-corrected chi connectivity index (χ0v) is 16.0. The Morgan fingerprint density at radius 1 is 1.16 bits per heavy atom. The van der Waals surface area contributed by atoms with Gasteiger partial charge in [-0.1, -0.05) is 35.5 Å². The third-order valence-corrected chi connectivity index (χ3v) is 5.11. The van der Waals surface area contributed by atoms with Crippen molar-refractivity contribution in [2.75, 3.05) is 0 Å². The van der Waals surface area contributed by atoms with Crippen molar-refractivity contribution in [2.45, 2.75) is 25.3 Å². The molecule has 1 N–H and O–H groups in total. The molecule has 1 aliphatic heterocycles. The van der Waals surface area contributed by atoms with Gasteiger partial charge in [0, 0.05) is 12.0 Å². The molecule has 0 bridgehead atoms. The van der Waals surface area contributed by atoms with Crippen molar-refractivity contribution in [1.82, 2.24) is 20.0 Å². The van der Waals surface area contributed by atoms with Crippen LogP contribution in [0, 0.1) is 5.82 Å². The van der Waals surface area contributed by atoms with E-state index in [1.807, 2.05) is 30.3 Å². The number of nitrogens with one attached hydrogen (secondary N) is 1. The molecule has 2 amide bonds. The van der Waals surface area contributed by atoms with Crippen molar-refractivity contribution >= 4 is 22.9 Å². The number of benzene rings is 2. The summed E-state index contributed by atoms with van der Waals surface area (Å²) >= 11 is 0. The molecule has 2 aromatic heterocycles. The Balaban J connectivity index is 1.51. The van der Waals surface area contributed by atoms with Crippen molar-refractivity contribution in [3.8, 4) is 11.4 Å². The number of carbonyl (C=O) groups is 2. The number of hydrogen-bond donors (Lipinski definition) is 1. The third-order valence-electron chi connectivity index (χ3n) is 5.11. The second-order valence-electron chi connectivity index (χ2n) is 7.19. The zero-order chi connectivity index (χ0) is 21.5. The largest absolute Gasteiger partial charge is 0.420 e. The summed E-state index contributed by atoms with van der Waals surface area (Å²) in [6.45, 7) is 0. The van der Waals surface area contributed by atoms with E-state index < -0.39 is 29.4 Å². The number of oxazole rings is 1. The second-order valence-corrected chi connectivity index (χ2v) is 7.19. The molecule has 1 unspecified atom stereocenters. The van der Waals surface area contributed by atoms with E-state index in [4.69, 9.17) is 8.94 Å². The highest BCUT2D eigenvalue weighted by Crippen LogP contribution is 2.27. The molecule has 3 heterocycles. The molecular formula is C21H15FN4O5. The van der Waals surface area contributed by atoms with E-state index in [1.54, 1.807) is 6.07 Å². The molecule has 1 aliphatic rings. The summed E-state index contributed by atoms with van der Waals surface area (Å²) in [5, 5.41) is 6.13. The minimum Gasteiger partial charge on any atom is -0.405 e. The Bertz CT molecular complexity index is 1370. The topological polar surface area (TPSA) is 120 Å². The van der Waals surface area contributed by atoms with Crippen LogP contribution in [0.25, 0.3) is 22.5 Å². The summed E-state index contributed by atoms with van der Waals surface area (Å²) in [6.07, 6.45) is 0.304. The highest BCUT2D eigenvalue weighted by Gasteiger charge is 2.32. The summed E-state index contributed by atoms with van der Waals surface area (Å²) in [6, 6.07) is 11.0. The van der Waals surface area contributed by atoms with Gasteiger partial charge in [-0.05, 0) is 24.1 Å². The number of amides is 2. The molecule has 5 rings (SSSR count). The fourth-order valence-electron chi connectivity index (χ4n) is 3.68. The minimum atomic E-state index is -0.964. The Labute approximate surface area is 173 Å². The van der Waals surface area contributed by atoms with Crippen LogP contribution in [0.5, 0.6) is 0 Å². The first kappa shape index (κ1) is 18.9. The lowest BCUT2D eigenvalue weighted by molar-refractivity contribution is -0.135. The third kappa shape index (κ3) is 3.41. The monoisotopic (exact) mass is 422 g/mol. The van der Waals surface area contributed by atoms with Crippen LogP contribution in [0.3, 0.4) is 0 Å². The first-order valence-electron chi connectivity index (χ1n) is 9.55. The van der Waals surface area contributed by atoms with Crippen molar-refractivity contribution in [3.63, 3.8) is 0 Å². The fraction of sp³-hybridized carbons (Fsp3) is 0.190. The predicted molar refractivity (Wildman–Crippen MR) is 104 cm³/mol. The van der Waals surface area contributed by atoms with Gasteiger partial charge in [-0.25, -0.2) is 9.18 Å². The standard InChI is InChI=1S/C21H15FN4O5/c22-13-8-11(10-17-24-19(25-31-17)12-4-2-1-3-5-12)9-15-18(13)30-21(29)26(15)14-6-7-16(27)23-20(14)28/h1-5,8-9,14H,6-7,10H2,(H,23,27,28). The van der Waals surface area contributed by atoms with Gasteiger partial charge in [-0.15, -0.1) is 0 Å². The molecule has 0 saturated carbocycles. The molecule has 4 aromatic rings. The van der Waals surface area contributed by atoms with Crippen LogP contribution in [0.15, 0.2) is 56.2 Å². The number of aromatic nitrogens is 3. The number of piperidine rings is 1. The van der Waals surface area contributed by atoms with Gasteiger partial charge >= 0.3 is 5.76 Å². The summed E-state index contributed by atoms with van der Waals surface area (Å²) in [7, 11) is 0. The first-order chi connectivity index (χ1) is 15.0. The van der Waals surface area contributed by atoms with E-state index in [1.165, 1.54) is 6.07 Å². The Hall–Kier alpha value is -4.08. The quantitative estimate of drug-likeness (QED) is 0.501. The van der Waals surface area contributed by atoms with E-state index in [0.29, 0.717) is 11.4 Å². The van der Waals surface area contributed by atoms with Gasteiger partial charge < -0.3 is 8.94 Å². The molecule has 31 heavy (non-hydrogen) atoms. The maximum absolute atomic E-state index is 14.7. The summed E-state index contributed by atoms with van der Waals surface area (Å²) in [5.74, 6) is -2.00. The SMILES string of the molecule is O=C1CCC(n2c(=O)oc3c(F)cc(Cc4nc(-c5ccccc5)no4)cc32)C(=O)N1. The normalized spacial score (nSPS) is 16.6.